The van der Waals surface area contributed by atoms with E-state index >= 15 is 0 Å². The van der Waals surface area contributed by atoms with Gasteiger partial charge in [0.2, 0.25) is 6.41 Å². The van der Waals surface area contributed by atoms with Crippen molar-refractivity contribution in [2.75, 3.05) is 18.0 Å². The number of carbonyl (C=O) groups is 1. The van der Waals surface area contributed by atoms with Crippen LogP contribution < -0.4 is 10.2 Å². The molecule has 1 fully saturated rings. The number of rotatable bonds is 3. The van der Waals surface area contributed by atoms with Gasteiger partial charge < -0.3 is 10.2 Å². The number of hydrogen-bond donors (Lipinski definition) is 1. The van der Waals surface area contributed by atoms with Gasteiger partial charge in [0.15, 0.2) is 0 Å². The summed E-state index contributed by atoms with van der Waals surface area (Å²) in [5, 5.41) is 2.70. The molecule has 0 spiro atoms. The second-order valence-corrected chi connectivity index (χ2v) is 3.36. The lowest BCUT2D eigenvalue weighted by molar-refractivity contribution is -0.110. The summed E-state index contributed by atoms with van der Waals surface area (Å²) in [5.74, 6) is -0.225. The smallest absolute Gasteiger partial charge is 0.207 e. The van der Waals surface area contributed by atoms with E-state index in [-0.39, 0.29) is 11.9 Å². The van der Waals surface area contributed by atoms with Crippen molar-refractivity contribution in [1.29, 1.82) is 0 Å². The zero-order valence-corrected chi connectivity index (χ0v) is 7.61. The molecule has 0 unspecified atom stereocenters. The second-order valence-electron chi connectivity index (χ2n) is 3.36. The molecule has 4 heteroatoms. The Hall–Kier alpha value is -1.58. The maximum atomic E-state index is 12.6. The van der Waals surface area contributed by atoms with Gasteiger partial charge in [0.05, 0.1) is 6.04 Å². The molecule has 0 bridgehead atoms. The van der Waals surface area contributed by atoms with E-state index in [9.17, 15) is 9.18 Å². The van der Waals surface area contributed by atoms with Gasteiger partial charge in [-0.05, 0) is 24.3 Å². The fraction of sp³-hybridized carbons (Fsp3) is 0.300. The van der Waals surface area contributed by atoms with Crippen LogP contribution in [0.3, 0.4) is 0 Å². The topological polar surface area (TPSA) is 32.3 Å². The van der Waals surface area contributed by atoms with Crippen LogP contribution in [-0.4, -0.2) is 25.5 Å². The van der Waals surface area contributed by atoms with Gasteiger partial charge in [-0.3, -0.25) is 4.79 Å². The normalized spacial score (nSPS) is 16.2. The van der Waals surface area contributed by atoms with Gasteiger partial charge in [-0.25, -0.2) is 4.39 Å². The van der Waals surface area contributed by atoms with E-state index in [1.54, 1.807) is 12.1 Å². The summed E-state index contributed by atoms with van der Waals surface area (Å²) < 4.78 is 12.6. The molecule has 14 heavy (non-hydrogen) atoms. The van der Waals surface area contributed by atoms with Crippen molar-refractivity contribution in [3.8, 4) is 0 Å². The zero-order chi connectivity index (χ0) is 9.97. The maximum absolute atomic E-state index is 12.6. The summed E-state index contributed by atoms with van der Waals surface area (Å²) >= 11 is 0. The third-order valence-electron chi connectivity index (χ3n) is 2.38. The Balaban J connectivity index is 1.93. The summed E-state index contributed by atoms with van der Waals surface area (Å²) in [5.41, 5.74) is 0.996. The standard InChI is InChI=1S/C10H11FN2O/c11-8-1-3-10(4-2-8)13-5-9(6-13)12-7-14/h1-4,7,9H,5-6H2,(H,12,14). The first kappa shape index (κ1) is 8.99. The fourth-order valence-corrected chi connectivity index (χ4v) is 1.54. The summed E-state index contributed by atoms with van der Waals surface area (Å²) in [4.78, 5) is 12.2. The minimum atomic E-state index is -0.225. The monoisotopic (exact) mass is 194 g/mol. The van der Waals surface area contributed by atoms with Gasteiger partial charge in [0, 0.05) is 18.8 Å². The molecule has 1 aromatic carbocycles. The maximum Gasteiger partial charge on any atom is 0.207 e. The number of hydrogen-bond acceptors (Lipinski definition) is 2. The predicted octanol–water partition coefficient (Wildman–Crippen LogP) is 0.760. The number of amides is 1. The largest absolute Gasteiger partial charge is 0.367 e. The van der Waals surface area contributed by atoms with Gasteiger partial charge in [0.25, 0.3) is 0 Å². The molecule has 0 radical (unpaired) electrons. The Labute approximate surface area is 81.5 Å². The van der Waals surface area contributed by atoms with E-state index in [0.717, 1.165) is 18.8 Å². The molecule has 1 heterocycles. The van der Waals surface area contributed by atoms with Crippen LogP contribution in [0.4, 0.5) is 10.1 Å². The van der Waals surface area contributed by atoms with E-state index < -0.39 is 0 Å². The number of carbonyl (C=O) groups excluding carboxylic acids is 1. The zero-order valence-electron chi connectivity index (χ0n) is 7.61. The van der Waals surface area contributed by atoms with Gasteiger partial charge in [-0.15, -0.1) is 0 Å². The summed E-state index contributed by atoms with van der Waals surface area (Å²) in [6.07, 6.45) is 0.715. The summed E-state index contributed by atoms with van der Waals surface area (Å²) in [6, 6.07) is 6.60. The Kier molecular flexibility index (Phi) is 2.35. The van der Waals surface area contributed by atoms with E-state index in [1.165, 1.54) is 12.1 Å². The average molecular weight is 194 g/mol. The van der Waals surface area contributed by atoms with Gasteiger partial charge >= 0.3 is 0 Å². The molecule has 1 saturated heterocycles. The molecule has 3 nitrogen and oxygen atoms in total. The van der Waals surface area contributed by atoms with Crippen molar-refractivity contribution < 1.29 is 9.18 Å². The highest BCUT2D eigenvalue weighted by Crippen LogP contribution is 2.20. The molecule has 1 aliphatic rings. The first-order valence-corrected chi connectivity index (χ1v) is 4.50. The van der Waals surface area contributed by atoms with Crippen molar-refractivity contribution >= 4 is 12.1 Å². The third kappa shape index (κ3) is 1.69. The van der Waals surface area contributed by atoms with Crippen LogP contribution in [-0.2, 0) is 4.79 Å². The Morgan fingerprint density at radius 1 is 1.36 bits per heavy atom. The number of nitrogens with one attached hydrogen (secondary N) is 1. The van der Waals surface area contributed by atoms with Crippen LogP contribution in [0.5, 0.6) is 0 Å². The van der Waals surface area contributed by atoms with E-state index in [0.29, 0.717) is 6.41 Å². The highest BCUT2D eigenvalue weighted by Gasteiger charge is 2.25. The van der Waals surface area contributed by atoms with Crippen LogP contribution in [0.15, 0.2) is 24.3 Å². The Morgan fingerprint density at radius 2 is 2.00 bits per heavy atom. The van der Waals surface area contributed by atoms with Crippen molar-refractivity contribution in [2.24, 2.45) is 0 Å². The first-order chi connectivity index (χ1) is 6.79. The lowest BCUT2D eigenvalue weighted by atomic mass is 10.1. The number of anilines is 1. The van der Waals surface area contributed by atoms with Gasteiger partial charge in [-0.2, -0.15) is 0 Å². The van der Waals surface area contributed by atoms with Crippen molar-refractivity contribution in [3.63, 3.8) is 0 Å². The second kappa shape index (κ2) is 3.65. The first-order valence-electron chi connectivity index (χ1n) is 4.50. The molecule has 0 aliphatic carbocycles. The minimum Gasteiger partial charge on any atom is -0.367 e. The van der Waals surface area contributed by atoms with Crippen molar-refractivity contribution in [2.45, 2.75) is 6.04 Å². The quantitative estimate of drug-likeness (QED) is 0.720. The molecule has 0 atom stereocenters. The fourth-order valence-electron chi connectivity index (χ4n) is 1.54. The van der Waals surface area contributed by atoms with Crippen LogP contribution in [0.1, 0.15) is 0 Å². The van der Waals surface area contributed by atoms with Crippen LogP contribution >= 0.6 is 0 Å². The van der Waals surface area contributed by atoms with Crippen molar-refractivity contribution in [1.82, 2.24) is 5.32 Å². The predicted molar refractivity (Wildman–Crippen MR) is 51.6 cm³/mol. The summed E-state index contributed by atoms with van der Waals surface area (Å²) in [6.45, 7) is 1.59. The summed E-state index contributed by atoms with van der Waals surface area (Å²) in [7, 11) is 0. The SMILES string of the molecule is O=CNC1CN(c2ccc(F)cc2)C1. The molecule has 1 aromatic rings. The van der Waals surface area contributed by atoms with E-state index in [2.05, 4.69) is 10.2 Å². The van der Waals surface area contributed by atoms with E-state index in [4.69, 9.17) is 0 Å². The van der Waals surface area contributed by atoms with E-state index in [1.807, 2.05) is 0 Å². The van der Waals surface area contributed by atoms with Crippen LogP contribution in [0.25, 0.3) is 0 Å². The Morgan fingerprint density at radius 3 is 2.57 bits per heavy atom. The van der Waals surface area contributed by atoms with Crippen LogP contribution in [0, 0.1) is 5.82 Å². The number of halogens is 1. The highest BCUT2D eigenvalue weighted by atomic mass is 19.1. The molecule has 0 saturated carbocycles. The number of benzene rings is 1. The minimum absolute atomic E-state index is 0.225. The molecule has 74 valence electrons. The third-order valence-corrected chi connectivity index (χ3v) is 2.38. The molecule has 1 N–H and O–H groups in total. The molecular formula is C10H11FN2O. The lowest BCUT2D eigenvalue weighted by Crippen LogP contribution is -2.57. The average Bonchev–Trinajstić information content (AvgIpc) is 2.13. The molecule has 1 amide bonds. The highest BCUT2D eigenvalue weighted by molar-refractivity contribution is 5.53. The van der Waals surface area contributed by atoms with Crippen molar-refractivity contribution in [3.05, 3.63) is 30.1 Å². The molecular weight excluding hydrogens is 183 g/mol. The molecule has 1 aliphatic heterocycles. The molecule has 2 rings (SSSR count). The van der Waals surface area contributed by atoms with Gasteiger partial charge in [-0.1, -0.05) is 0 Å². The van der Waals surface area contributed by atoms with Crippen LogP contribution in [0.2, 0.25) is 0 Å². The lowest BCUT2D eigenvalue weighted by Gasteiger charge is -2.40. The Bertz CT molecular complexity index is 319. The molecule has 0 aromatic heterocycles. The number of nitrogens with zero attached hydrogens (tertiary/aromatic N) is 1. The van der Waals surface area contributed by atoms with Gasteiger partial charge in [0.1, 0.15) is 5.82 Å².